The Morgan fingerprint density at radius 2 is 1.86 bits per heavy atom. The van der Waals surface area contributed by atoms with Crippen LogP contribution in [0.3, 0.4) is 0 Å². The molecule has 1 amide bonds. The van der Waals surface area contributed by atoms with Gasteiger partial charge in [0.15, 0.2) is 4.96 Å². The standard InChI is InChI=1S/C12H10N2S.C12H15N.C5H11NO/c1-9-2-4-10(5-3-9)11-8-14-6-7-15-12(14)13-11;1-9(2)6-11-5-4-10(3)7-12(11)8-13;1-2-3-4-6-5-7/h2-8H,1H3;4-5,7,9H,6H2,1-3H3;5H,2-4H2,1H3,(H,6,7). The fourth-order valence-electron chi connectivity index (χ4n) is 3.34. The third kappa shape index (κ3) is 9.38. The first-order valence-corrected chi connectivity index (χ1v) is 12.9. The van der Waals surface area contributed by atoms with Crippen molar-refractivity contribution in [1.29, 1.82) is 5.26 Å². The molecule has 0 radical (unpaired) electrons. The minimum absolute atomic E-state index is 0.606. The first kappa shape index (κ1) is 27.8. The van der Waals surface area contributed by atoms with Gasteiger partial charge in [-0.1, -0.05) is 69.2 Å². The van der Waals surface area contributed by atoms with Crippen LogP contribution < -0.4 is 5.32 Å². The lowest BCUT2D eigenvalue weighted by Crippen LogP contribution is -2.11. The van der Waals surface area contributed by atoms with Gasteiger partial charge in [-0.15, -0.1) is 11.3 Å². The molecule has 0 bridgehead atoms. The molecule has 4 rings (SSSR count). The van der Waals surface area contributed by atoms with Gasteiger partial charge in [-0.3, -0.25) is 9.20 Å². The van der Waals surface area contributed by atoms with E-state index in [1.54, 1.807) is 11.3 Å². The fourth-order valence-corrected chi connectivity index (χ4v) is 4.04. The van der Waals surface area contributed by atoms with E-state index in [0.717, 1.165) is 54.0 Å². The molecule has 0 spiro atoms. The number of imidazole rings is 1. The number of thiazole rings is 1. The van der Waals surface area contributed by atoms with E-state index < -0.39 is 0 Å². The summed E-state index contributed by atoms with van der Waals surface area (Å²) in [6, 6.07) is 16.8. The number of hydrogen-bond acceptors (Lipinski definition) is 4. The van der Waals surface area contributed by atoms with Gasteiger partial charge in [-0.25, -0.2) is 4.98 Å². The molecule has 184 valence electrons. The van der Waals surface area contributed by atoms with Gasteiger partial charge in [0.05, 0.1) is 17.3 Å². The summed E-state index contributed by atoms with van der Waals surface area (Å²) in [5, 5.41) is 13.5. The average molecular weight is 489 g/mol. The number of benzene rings is 2. The molecule has 5 nitrogen and oxygen atoms in total. The Kier molecular flexibility index (Phi) is 11.7. The van der Waals surface area contributed by atoms with Gasteiger partial charge in [-0.2, -0.15) is 5.26 Å². The number of carbonyl (C=O) groups is 1. The van der Waals surface area contributed by atoms with E-state index in [9.17, 15) is 4.79 Å². The number of nitriles is 1. The Hall–Kier alpha value is -3.43. The smallest absolute Gasteiger partial charge is 0.207 e. The zero-order chi connectivity index (χ0) is 25.6. The van der Waals surface area contributed by atoms with Crippen LogP contribution in [0, 0.1) is 31.1 Å². The minimum Gasteiger partial charge on any atom is -0.359 e. The Morgan fingerprint density at radius 3 is 2.46 bits per heavy atom. The van der Waals surface area contributed by atoms with Crippen molar-refractivity contribution < 1.29 is 4.79 Å². The Labute approximate surface area is 213 Å². The van der Waals surface area contributed by atoms with E-state index in [2.05, 4.69) is 91.1 Å². The number of fused-ring (bicyclic) bond motifs is 1. The van der Waals surface area contributed by atoms with Crippen LogP contribution in [0.1, 0.15) is 55.9 Å². The zero-order valence-electron chi connectivity index (χ0n) is 21.4. The fraction of sp³-hybridized carbons (Fsp3) is 0.345. The summed E-state index contributed by atoms with van der Waals surface area (Å²) in [4.78, 5) is 15.2. The number of nitrogens with one attached hydrogen (secondary N) is 1. The molecule has 0 saturated heterocycles. The monoisotopic (exact) mass is 488 g/mol. The zero-order valence-corrected chi connectivity index (χ0v) is 22.2. The molecule has 35 heavy (non-hydrogen) atoms. The Balaban J connectivity index is 0.000000199. The van der Waals surface area contributed by atoms with Crippen LogP contribution in [-0.4, -0.2) is 22.3 Å². The van der Waals surface area contributed by atoms with Gasteiger partial charge in [-0.05, 0) is 49.8 Å². The van der Waals surface area contributed by atoms with Gasteiger partial charge in [0, 0.05) is 29.9 Å². The van der Waals surface area contributed by atoms with Crippen LogP contribution in [0.25, 0.3) is 16.2 Å². The number of amides is 1. The molecular weight excluding hydrogens is 452 g/mol. The third-order valence-electron chi connectivity index (χ3n) is 5.21. The molecule has 2 heterocycles. The van der Waals surface area contributed by atoms with Gasteiger partial charge in [0.2, 0.25) is 6.41 Å². The van der Waals surface area contributed by atoms with Crippen LogP contribution in [-0.2, 0) is 11.2 Å². The number of hydrogen-bond donors (Lipinski definition) is 1. The second-order valence-corrected chi connectivity index (χ2v) is 9.75. The van der Waals surface area contributed by atoms with Crippen molar-refractivity contribution >= 4 is 22.7 Å². The van der Waals surface area contributed by atoms with E-state index >= 15 is 0 Å². The molecule has 6 heteroatoms. The number of unbranched alkanes of at least 4 members (excludes halogenated alkanes) is 1. The predicted molar refractivity (Wildman–Crippen MR) is 147 cm³/mol. The molecule has 0 aliphatic carbocycles. The van der Waals surface area contributed by atoms with Crippen molar-refractivity contribution in [3.05, 3.63) is 82.5 Å². The summed E-state index contributed by atoms with van der Waals surface area (Å²) < 4.78 is 2.06. The highest BCUT2D eigenvalue weighted by molar-refractivity contribution is 7.15. The molecular formula is C29H36N4OS. The number of carbonyl (C=O) groups excluding carboxylic acids is 1. The van der Waals surface area contributed by atoms with Crippen molar-refractivity contribution in [2.45, 2.75) is 53.9 Å². The van der Waals surface area contributed by atoms with Crippen LogP contribution in [0.5, 0.6) is 0 Å². The number of aryl methyl sites for hydroxylation is 2. The molecule has 0 unspecified atom stereocenters. The molecule has 0 fully saturated rings. The summed E-state index contributed by atoms with van der Waals surface area (Å²) in [7, 11) is 0. The molecule has 1 N–H and O–H groups in total. The second kappa shape index (κ2) is 14.7. The number of aromatic nitrogens is 2. The highest BCUT2D eigenvalue weighted by atomic mass is 32.1. The van der Waals surface area contributed by atoms with Crippen LogP contribution in [0.2, 0.25) is 0 Å². The second-order valence-electron chi connectivity index (χ2n) is 8.88. The molecule has 0 atom stereocenters. The van der Waals surface area contributed by atoms with E-state index in [0.29, 0.717) is 5.92 Å². The highest BCUT2D eigenvalue weighted by Crippen LogP contribution is 2.21. The summed E-state index contributed by atoms with van der Waals surface area (Å²) in [6.45, 7) is 11.4. The van der Waals surface area contributed by atoms with E-state index in [-0.39, 0.29) is 0 Å². The average Bonchev–Trinajstić information content (AvgIpc) is 3.44. The quantitative estimate of drug-likeness (QED) is 0.226. The Bertz CT molecular complexity index is 1190. The van der Waals surface area contributed by atoms with Crippen molar-refractivity contribution in [3.63, 3.8) is 0 Å². The van der Waals surface area contributed by atoms with E-state index in [1.807, 2.05) is 24.6 Å². The highest BCUT2D eigenvalue weighted by Gasteiger charge is 2.05. The summed E-state index contributed by atoms with van der Waals surface area (Å²) in [5.74, 6) is 0.606. The molecule has 2 aromatic carbocycles. The largest absolute Gasteiger partial charge is 0.359 e. The predicted octanol–water partition coefficient (Wildman–Crippen LogP) is 6.97. The maximum absolute atomic E-state index is 9.57. The molecule has 0 aliphatic heterocycles. The van der Waals surface area contributed by atoms with Crippen LogP contribution in [0.15, 0.2) is 60.2 Å². The van der Waals surface area contributed by atoms with Crippen molar-refractivity contribution in [1.82, 2.24) is 14.7 Å². The first-order chi connectivity index (χ1) is 16.9. The maximum atomic E-state index is 9.57. The summed E-state index contributed by atoms with van der Waals surface area (Å²) >= 11 is 1.66. The van der Waals surface area contributed by atoms with Crippen LogP contribution in [0.4, 0.5) is 0 Å². The SMILES string of the molecule is CCCCNC=O.Cc1ccc(-c2cn3ccsc3n2)cc1.Cc1ccc(CC(C)C)c(C#N)c1. The van der Waals surface area contributed by atoms with Gasteiger partial charge in [0.1, 0.15) is 0 Å². The Morgan fingerprint density at radius 1 is 1.14 bits per heavy atom. The lowest BCUT2D eigenvalue weighted by Gasteiger charge is -2.07. The molecule has 0 aliphatic rings. The van der Waals surface area contributed by atoms with E-state index in [4.69, 9.17) is 5.26 Å². The van der Waals surface area contributed by atoms with E-state index in [1.165, 1.54) is 16.7 Å². The van der Waals surface area contributed by atoms with Crippen molar-refractivity contribution in [3.8, 4) is 17.3 Å². The lowest BCUT2D eigenvalue weighted by atomic mass is 9.97. The molecule has 2 aromatic heterocycles. The van der Waals surface area contributed by atoms with Crippen molar-refractivity contribution in [2.75, 3.05) is 6.54 Å². The first-order valence-electron chi connectivity index (χ1n) is 12.0. The minimum atomic E-state index is 0.606. The number of nitrogens with zero attached hydrogens (tertiary/aromatic N) is 3. The normalized spacial score (nSPS) is 10.1. The third-order valence-corrected chi connectivity index (χ3v) is 5.98. The van der Waals surface area contributed by atoms with Gasteiger partial charge >= 0.3 is 0 Å². The van der Waals surface area contributed by atoms with Crippen molar-refractivity contribution in [2.24, 2.45) is 5.92 Å². The summed E-state index contributed by atoms with van der Waals surface area (Å²) in [5.41, 5.74) is 6.65. The maximum Gasteiger partial charge on any atom is 0.207 e. The van der Waals surface area contributed by atoms with Gasteiger partial charge < -0.3 is 5.32 Å². The lowest BCUT2D eigenvalue weighted by molar-refractivity contribution is -0.109. The molecule has 4 aromatic rings. The topological polar surface area (TPSA) is 70.2 Å². The van der Waals surface area contributed by atoms with Crippen LogP contribution >= 0.6 is 11.3 Å². The van der Waals surface area contributed by atoms with Gasteiger partial charge in [0.25, 0.3) is 0 Å². The summed E-state index contributed by atoms with van der Waals surface area (Å²) in [6.07, 6.45) is 8.04. The molecule has 0 saturated carbocycles. The number of rotatable bonds is 7.